The molecule has 0 aliphatic rings. The third-order valence-electron chi connectivity index (χ3n) is 6.02. The van der Waals surface area contributed by atoms with Gasteiger partial charge in [-0.1, -0.05) is 66.2 Å². The van der Waals surface area contributed by atoms with Gasteiger partial charge in [0.05, 0.1) is 18.9 Å². The number of ether oxygens (including phenoxy) is 1. The van der Waals surface area contributed by atoms with Gasteiger partial charge < -0.3 is 9.26 Å². The molecule has 0 aliphatic heterocycles. The largest absolute Gasteiger partial charge is 0.496 e. The smallest absolute Gasteiger partial charge is 0.281 e. The van der Waals surface area contributed by atoms with E-state index in [0.29, 0.717) is 0 Å². The number of methoxy groups -OCH3 is 1. The highest BCUT2D eigenvalue weighted by Crippen LogP contribution is 2.35. The lowest BCUT2D eigenvalue weighted by molar-refractivity contribution is 0.404. The van der Waals surface area contributed by atoms with Crippen LogP contribution >= 0.6 is 11.6 Å². The molecule has 3 aromatic carbocycles. The van der Waals surface area contributed by atoms with E-state index in [1.807, 2.05) is 25.5 Å². The molecule has 0 radical (unpaired) electrons. The average Bonchev–Trinajstić information content (AvgIpc) is 3.50. The Morgan fingerprint density at radius 3 is 2.62 bits per heavy atom. The second-order valence-corrected chi connectivity index (χ2v) is 9.53. The molecule has 0 N–H and O–H groups in total. The first kappa shape index (κ1) is 22.4. The number of aryl methyl sites for hydroxylation is 2. The van der Waals surface area contributed by atoms with E-state index in [4.69, 9.17) is 9.26 Å². The predicted octanol–water partition coefficient (Wildman–Crippen LogP) is 5.57. The number of hydrogen-bond donors (Lipinski definition) is 0. The van der Waals surface area contributed by atoms with Crippen LogP contribution in [-0.4, -0.2) is 28.0 Å². The van der Waals surface area contributed by atoms with Crippen LogP contribution < -0.4 is 10.3 Å². The molecule has 0 saturated carbocycles. The van der Waals surface area contributed by atoms with Gasteiger partial charge in [0, 0.05) is 34.7 Å². The van der Waals surface area contributed by atoms with Gasteiger partial charge in [0.1, 0.15) is 5.75 Å². The average molecular weight is 467 g/mol. The van der Waals surface area contributed by atoms with Crippen molar-refractivity contribution in [3.63, 3.8) is 0 Å². The first-order chi connectivity index (χ1) is 16.7. The number of benzene rings is 3. The topological polar surface area (TPSA) is 53.1 Å². The molecule has 0 aliphatic carbocycles. The fraction of sp³-hybridized carbons (Fsp3) is 0.185. The Bertz CT molecular complexity index is 1410. The Hall–Kier alpha value is -3.45. The Morgan fingerprint density at radius 1 is 1.03 bits per heavy atom. The Labute approximate surface area is 204 Å². The number of rotatable bonds is 8. The summed E-state index contributed by atoms with van der Waals surface area (Å²) in [5.74, 6) is 0.929. The van der Waals surface area contributed by atoms with Crippen LogP contribution in [0, 0.1) is 0 Å². The van der Waals surface area contributed by atoms with Crippen LogP contribution in [0.25, 0.3) is 22.1 Å². The highest BCUT2D eigenvalue weighted by atomic mass is 32.2. The van der Waals surface area contributed by atoms with E-state index in [0.717, 1.165) is 51.1 Å². The van der Waals surface area contributed by atoms with E-state index >= 15 is 0 Å². The van der Waals surface area contributed by atoms with Crippen LogP contribution in [-0.2, 0) is 19.8 Å². The minimum atomic E-state index is 0.0498. The minimum absolute atomic E-state index is 0.0498. The second kappa shape index (κ2) is 9.81. The lowest BCUT2D eigenvalue weighted by Gasteiger charge is -2.15. The van der Waals surface area contributed by atoms with Gasteiger partial charge in [-0.05, 0) is 36.5 Å². The summed E-state index contributed by atoms with van der Waals surface area (Å²) >= 11 is 1.78. The molecule has 5 aromatic rings. The van der Waals surface area contributed by atoms with Crippen molar-refractivity contribution in [2.24, 2.45) is 7.05 Å². The number of nitrogens with zero attached hydrogens (tertiary/aromatic N) is 3. The molecule has 2 heterocycles. The van der Waals surface area contributed by atoms with Gasteiger partial charge in [-0.3, -0.25) is 4.68 Å². The van der Waals surface area contributed by atoms with E-state index in [1.165, 1.54) is 11.1 Å². The van der Waals surface area contributed by atoms with E-state index in [-0.39, 0.29) is 5.99 Å². The lowest BCUT2D eigenvalue weighted by atomic mass is 9.65. The van der Waals surface area contributed by atoms with Crippen LogP contribution in [0.1, 0.15) is 18.1 Å². The SMILES string of the molecule is CCc1ccc(OC)c(SB(Cc2ccccc2)c2noc3c(-c4cnn(C)c4)cccc23)c1. The van der Waals surface area contributed by atoms with Crippen LogP contribution in [0.3, 0.4) is 0 Å². The first-order valence-corrected chi connectivity index (χ1v) is 12.3. The molecule has 7 heteroatoms. The third kappa shape index (κ3) is 4.48. The van der Waals surface area contributed by atoms with Crippen molar-refractivity contribution < 1.29 is 9.26 Å². The molecule has 0 bridgehead atoms. The van der Waals surface area contributed by atoms with E-state index < -0.39 is 0 Å². The fourth-order valence-corrected chi connectivity index (χ4v) is 5.56. The van der Waals surface area contributed by atoms with Crippen molar-refractivity contribution in [2.75, 3.05) is 7.11 Å². The summed E-state index contributed by atoms with van der Waals surface area (Å²) in [7, 11) is 3.64. The molecule has 0 atom stereocenters. The lowest BCUT2D eigenvalue weighted by Crippen LogP contribution is -2.31. The predicted molar refractivity (Wildman–Crippen MR) is 140 cm³/mol. The summed E-state index contributed by atoms with van der Waals surface area (Å²) in [4.78, 5) is 1.11. The molecule has 0 saturated heterocycles. The quantitative estimate of drug-likeness (QED) is 0.279. The van der Waals surface area contributed by atoms with Crippen molar-refractivity contribution in [3.05, 3.63) is 90.3 Å². The molecular weight excluding hydrogens is 441 g/mol. The number of para-hydroxylation sites is 1. The van der Waals surface area contributed by atoms with Crippen LogP contribution in [0.2, 0.25) is 0 Å². The molecule has 0 unspecified atom stereocenters. The standard InChI is InChI=1S/C27H26BN3O2S/c1-4-19-13-14-24(32-3)25(15-19)34-28(16-20-9-6-5-7-10-20)27-23-12-8-11-22(26(23)33-30-27)21-17-29-31(2)18-21/h5-15,17-18H,4,16H2,1-3H3. The molecule has 5 nitrogen and oxygen atoms in total. The summed E-state index contributed by atoms with van der Waals surface area (Å²) in [5.41, 5.74) is 6.28. The Balaban J connectivity index is 1.60. The van der Waals surface area contributed by atoms with Gasteiger partial charge in [-0.2, -0.15) is 16.7 Å². The highest BCUT2D eigenvalue weighted by Gasteiger charge is 2.28. The summed E-state index contributed by atoms with van der Waals surface area (Å²) in [6, 6.07) is 23.2. The number of aromatic nitrogens is 3. The molecule has 0 spiro atoms. The van der Waals surface area contributed by atoms with Crippen molar-refractivity contribution in [1.82, 2.24) is 14.9 Å². The molecule has 2 aromatic heterocycles. The maximum atomic E-state index is 5.97. The highest BCUT2D eigenvalue weighted by molar-refractivity contribution is 8.26. The van der Waals surface area contributed by atoms with Gasteiger partial charge in [0.15, 0.2) is 5.58 Å². The van der Waals surface area contributed by atoms with E-state index in [1.54, 1.807) is 23.4 Å². The zero-order valence-electron chi connectivity index (χ0n) is 19.6. The summed E-state index contributed by atoms with van der Waals surface area (Å²) < 4.78 is 13.5. The van der Waals surface area contributed by atoms with Crippen LogP contribution in [0.15, 0.2) is 88.5 Å². The summed E-state index contributed by atoms with van der Waals surface area (Å²) in [6.07, 6.45) is 5.65. The van der Waals surface area contributed by atoms with E-state index in [2.05, 4.69) is 77.8 Å². The normalized spacial score (nSPS) is 11.1. The zero-order chi connectivity index (χ0) is 23.5. The molecule has 0 amide bonds. The van der Waals surface area contributed by atoms with E-state index in [9.17, 15) is 0 Å². The monoisotopic (exact) mass is 467 g/mol. The maximum absolute atomic E-state index is 5.97. The van der Waals surface area contributed by atoms with Gasteiger partial charge in [-0.15, -0.1) is 0 Å². The van der Waals surface area contributed by atoms with Gasteiger partial charge >= 0.3 is 0 Å². The second-order valence-electron chi connectivity index (χ2n) is 8.29. The van der Waals surface area contributed by atoms with Crippen molar-refractivity contribution in [1.29, 1.82) is 0 Å². The van der Waals surface area contributed by atoms with Crippen molar-refractivity contribution in [2.45, 2.75) is 24.6 Å². The van der Waals surface area contributed by atoms with Gasteiger partial charge in [0.25, 0.3) is 5.99 Å². The first-order valence-electron chi connectivity index (χ1n) is 11.4. The summed E-state index contributed by atoms with van der Waals surface area (Å²) in [6.45, 7) is 2.17. The fourth-order valence-electron chi connectivity index (χ4n) is 4.21. The van der Waals surface area contributed by atoms with Crippen molar-refractivity contribution >= 4 is 34.2 Å². The Morgan fingerprint density at radius 2 is 1.88 bits per heavy atom. The molecule has 0 fully saturated rings. The molecular formula is C27H26BN3O2S. The maximum Gasteiger partial charge on any atom is 0.281 e. The zero-order valence-corrected chi connectivity index (χ0v) is 20.4. The van der Waals surface area contributed by atoms with Crippen molar-refractivity contribution in [3.8, 4) is 16.9 Å². The minimum Gasteiger partial charge on any atom is -0.496 e. The third-order valence-corrected chi connectivity index (χ3v) is 7.26. The van der Waals surface area contributed by atoms with Crippen LogP contribution in [0.5, 0.6) is 5.75 Å². The summed E-state index contributed by atoms with van der Waals surface area (Å²) in [5, 5.41) is 9.97. The molecule has 5 rings (SSSR count). The van der Waals surface area contributed by atoms with Gasteiger partial charge in [0.2, 0.25) is 0 Å². The number of fused-ring (bicyclic) bond motifs is 1. The number of hydrogen-bond acceptors (Lipinski definition) is 5. The van der Waals surface area contributed by atoms with Crippen LogP contribution in [0.4, 0.5) is 0 Å². The molecule has 34 heavy (non-hydrogen) atoms. The van der Waals surface area contributed by atoms with Gasteiger partial charge in [-0.25, -0.2) is 0 Å². The molecule has 170 valence electrons. The Kier molecular flexibility index (Phi) is 6.45.